The van der Waals surface area contributed by atoms with Crippen molar-refractivity contribution in [2.45, 2.75) is 39.2 Å². The summed E-state index contributed by atoms with van der Waals surface area (Å²) in [5.41, 5.74) is 2.63. The van der Waals surface area contributed by atoms with E-state index in [2.05, 4.69) is 18.4 Å². The maximum atomic E-state index is 11.0. The van der Waals surface area contributed by atoms with Gasteiger partial charge < -0.3 is 0 Å². The monoisotopic (exact) mass is 196 g/mol. The van der Waals surface area contributed by atoms with Crippen LogP contribution in [0.2, 0.25) is 5.54 Å². The molecule has 0 amide bonds. The number of Topliss-reactive ketones (excluding diaryl/α,β-unsaturated/α-hetero) is 2. The predicted molar refractivity (Wildman–Crippen MR) is 56.3 cm³/mol. The molecule has 0 aromatic carbocycles. The molecule has 13 heavy (non-hydrogen) atoms. The third-order valence-corrected chi connectivity index (χ3v) is 3.80. The van der Waals surface area contributed by atoms with E-state index in [1.54, 1.807) is 0 Å². The molecule has 0 rings (SSSR count). The smallest absolute Gasteiger partial charge is 0.137 e. The fourth-order valence-corrected chi connectivity index (χ4v) is 2.06. The zero-order valence-electron chi connectivity index (χ0n) is 8.52. The highest BCUT2D eigenvalue weighted by atomic mass is 28.2. The SMILES string of the molecule is CCCC#C[SiH2]C(C(C)=O)C(C)=O. The predicted octanol–water partition coefficient (Wildman–Crippen LogP) is 0.883. The van der Waals surface area contributed by atoms with Gasteiger partial charge in [-0.2, -0.15) is 0 Å². The molecule has 72 valence electrons. The first-order valence-electron chi connectivity index (χ1n) is 4.56. The molecular weight excluding hydrogens is 180 g/mol. The van der Waals surface area contributed by atoms with E-state index in [4.69, 9.17) is 0 Å². The molecule has 0 aliphatic heterocycles. The van der Waals surface area contributed by atoms with E-state index in [0.717, 1.165) is 12.8 Å². The minimum Gasteiger partial charge on any atom is -0.300 e. The highest BCUT2D eigenvalue weighted by molar-refractivity contribution is 6.58. The molecule has 3 heteroatoms. The van der Waals surface area contributed by atoms with Gasteiger partial charge in [-0.3, -0.25) is 9.59 Å². The lowest BCUT2D eigenvalue weighted by Gasteiger charge is -2.03. The van der Waals surface area contributed by atoms with Crippen LogP contribution in [-0.2, 0) is 9.59 Å². The molecule has 0 heterocycles. The molecule has 0 spiro atoms. The minimum atomic E-state index is -0.850. The van der Waals surface area contributed by atoms with Crippen molar-refractivity contribution < 1.29 is 9.59 Å². The third-order valence-electron chi connectivity index (χ3n) is 1.79. The van der Waals surface area contributed by atoms with Crippen molar-refractivity contribution in [2.75, 3.05) is 0 Å². The Kier molecular flexibility index (Phi) is 6.16. The molecule has 0 atom stereocenters. The molecule has 0 aromatic rings. The molecular formula is C10H16O2Si. The molecule has 0 aromatic heterocycles. The van der Waals surface area contributed by atoms with Gasteiger partial charge in [0.05, 0.1) is 5.54 Å². The van der Waals surface area contributed by atoms with E-state index in [1.807, 2.05) is 0 Å². The molecule has 0 saturated heterocycles. The van der Waals surface area contributed by atoms with Crippen LogP contribution in [-0.4, -0.2) is 21.1 Å². The molecule has 0 aliphatic carbocycles. The molecule has 0 fully saturated rings. The topological polar surface area (TPSA) is 34.1 Å². The van der Waals surface area contributed by atoms with E-state index < -0.39 is 9.52 Å². The van der Waals surface area contributed by atoms with E-state index >= 15 is 0 Å². The van der Waals surface area contributed by atoms with Crippen LogP contribution in [0.1, 0.15) is 33.6 Å². The molecule has 0 N–H and O–H groups in total. The Balaban J connectivity index is 4.07. The maximum Gasteiger partial charge on any atom is 0.137 e. The van der Waals surface area contributed by atoms with Crippen molar-refractivity contribution in [3.8, 4) is 11.5 Å². The Morgan fingerprint density at radius 2 is 1.85 bits per heavy atom. The van der Waals surface area contributed by atoms with Crippen LogP contribution in [0.15, 0.2) is 0 Å². The second-order valence-corrected chi connectivity index (χ2v) is 4.66. The number of rotatable bonds is 4. The van der Waals surface area contributed by atoms with Gasteiger partial charge in [-0.05, 0) is 20.3 Å². The summed E-state index contributed by atoms with van der Waals surface area (Å²) in [6, 6.07) is 0. The summed E-state index contributed by atoms with van der Waals surface area (Å²) < 4.78 is 0. The minimum absolute atomic E-state index is 0.0232. The summed E-state index contributed by atoms with van der Waals surface area (Å²) >= 11 is 0. The molecule has 0 unspecified atom stereocenters. The van der Waals surface area contributed by atoms with E-state index in [1.165, 1.54) is 13.8 Å². The zero-order chi connectivity index (χ0) is 10.3. The number of unbranched alkanes of at least 4 members (excludes halogenated alkanes) is 1. The van der Waals surface area contributed by atoms with Gasteiger partial charge in [-0.25, -0.2) is 0 Å². The van der Waals surface area contributed by atoms with Gasteiger partial charge in [-0.1, -0.05) is 6.92 Å². The molecule has 0 radical (unpaired) electrons. The standard InChI is InChI=1S/C10H16O2Si/c1-4-5-6-7-13-10(8(2)11)9(3)12/h10H,4-5,13H2,1-3H3. The lowest BCUT2D eigenvalue weighted by molar-refractivity contribution is -0.124. The van der Waals surface area contributed by atoms with Crippen LogP contribution in [0, 0.1) is 11.5 Å². The van der Waals surface area contributed by atoms with Crippen molar-refractivity contribution in [3.05, 3.63) is 0 Å². The summed E-state index contributed by atoms with van der Waals surface area (Å²) in [4.78, 5) is 22.0. The van der Waals surface area contributed by atoms with Crippen LogP contribution in [0.25, 0.3) is 0 Å². The van der Waals surface area contributed by atoms with E-state index in [-0.39, 0.29) is 17.1 Å². The number of hydrogen-bond acceptors (Lipinski definition) is 2. The number of hydrogen-bond donors (Lipinski definition) is 0. The quantitative estimate of drug-likeness (QED) is 0.380. The highest BCUT2D eigenvalue weighted by Gasteiger charge is 2.18. The molecule has 0 bridgehead atoms. The van der Waals surface area contributed by atoms with Crippen molar-refractivity contribution in [2.24, 2.45) is 0 Å². The van der Waals surface area contributed by atoms with Gasteiger partial charge in [0.25, 0.3) is 0 Å². The van der Waals surface area contributed by atoms with Gasteiger partial charge in [0.2, 0.25) is 0 Å². The first kappa shape index (κ1) is 12.1. The van der Waals surface area contributed by atoms with Crippen LogP contribution in [0.3, 0.4) is 0 Å². The summed E-state index contributed by atoms with van der Waals surface area (Å²) in [5.74, 6) is 2.94. The van der Waals surface area contributed by atoms with Crippen LogP contribution >= 0.6 is 0 Å². The third kappa shape index (κ3) is 5.37. The van der Waals surface area contributed by atoms with Crippen molar-refractivity contribution >= 4 is 21.1 Å². The summed E-state index contributed by atoms with van der Waals surface area (Å²) in [5, 5.41) is 0. The second kappa shape index (κ2) is 6.61. The average Bonchev–Trinajstić information content (AvgIpc) is 2.02. The second-order valence-electron chi connectivity index (χ2n) is 3.08. The lowest BCUT2D eigenvalue weighted by atomic mass is 10.2. The Labute approximate surface area is 81.9 Å². The molecule has 0 aliphatic rings. The number of carbonyl (C=O) groups excluding carboxylic acids is 2. The van der Waals surface area contributed by atoms with Gasteiger partial charge in [0.15, 0.2) is 0 Å². The Morgan fingerprint density at radius 3 is 2.23 bits per heavy atom. The summed E-state index contributed by atoms with van der Waals surface area (Å²) in [6.45, 7) is 5.00. The number of ketones is 2. The Bertz CT molecular complexity index is 233. The first-order valence-corrected chi connectivity index (χ1v) is 6.08. The number of carbonyl (C=O) groups is 2. The fraction of sp³-hybridized carbons (Fsp3) is 0.600. The van der Waals surface area contributed by atoms with Gasteiger partial charge >= 0.3 is 0 Å². The molecule has 2 nitrogen and oxygen atoms in total. The van der Waals surface area contributed by atoms with Gasteiger partial charge in [0.1, 0.15) is 21.1 Å². The van der Waals surface area contributed by atoms with Gasteiger partial charge in [0, 0.05) is 6.42 Å². The Hall–Kier alpha value is -0.883. The van der Waals surface area contributed by atoms with Crippen molar-refractivity contribution in [1.82, 2.24) is 0 Å². The first-order chi connectivity index (χ1) is 6.09. The lowest BCUT2D eigenvalue weighted by Crippen LogP contribution is -2.18. The van der Waals surface area contributed by atoms with Crippen LogP contribution in [0.4, 0.5) is 0 Å². The van der Waals surface area contributed by atoms with Crippen LogP contribution in [0.5, 0.6) is 0 Å². The largest absolute Gasteiger partial charge is 0.300 e. The van der Waals surface area contributed by atoms with Crippen LogP contribution < -0.4 is 0 Å². The van der Waals surface area contributed by atoms with E-state index in [9.17, 15) is 9.59 Å². The Morgan fingerprint density at radius 1 is 1.31 bits per heavy atom. The normalized spacial score (nSPS) is 10.2. The van der Waals surface area contributed by atoms with E-state index in [0.29, 0.717) is 0 Å². The summed E-state index contributed by atoms with van der Waals surface area (Å²) in [6.07, 6.45) is 1.90. The zero-order valence-corrected chi connectivity index (χ0v) is 9.93. The fourth-order valence-electron chi connectivity index (χ4n) is 0.961. The maximum absolute atomic E-state index is 11.0. The highest BCUT2D eigenvalue weighted by Crippen LogP contribution is 2.04. The van der Waals surface area contributed by atoms with Gasteiger partial charge in [-0.15, -0.1) is 11.5 Å². The molecule has 0 saturated carbocycles. The summed E-state index contributed by atoms with van der Waals surface area (Å²) in [7, 11) is -0.850. The average molecular weight is 196 g/mol. The van der Waals surface area contributed by atoms with Crippen molar-refractivity contribution in [1.29, 1.82) is 0 Å². The van der Waals surface area contributed by atoms with Crippen molar-refractivity contribution in [3.63, 3.8) is 0 Å².